The Labute approximate surface area is 190 Å². The zero-order valence-corrected chi connectivity index (χ0v) is 19.7. The van der Waals surface area contributed by atoms with Gasteiger partial charge in [-0.2, -0.15) is 0 Å². The van der Waals surface area contributed by atoms with Gasteiger partial charge in [-0.05, 0) is 23.1 Å². The van der Waals surface area contributed by atoms with Crippen LogP contribution in [0.1, 0.15) is 23.1 Å². The summed E-state index contributed by atoms with van der Waals surface area (Å²) in [4.78, 5) is 4.18. The number of guanidine groups is 1. The molecule has 1 aliphatic rings. The molecule has 1 aliphatic heterocycles. The Kier molecular flexibility index (Phi) is 9.38. The van der Waals surface area contributed by atoms with Gasteiger partial charge in [-0.3, -0.25) is 4.99 Å². The third-order valence-electron chi connectivity index (χ3n) is 4.66. The first kappa shape index (κ1) is 23.6. The van der Waals surface area contributed by atoms with E-state index in [9.17, 15) is 8.42 Å². The van der Waals surface area contributed by atoms with Crippen molar-refractivity contribution in [1.82, 2.24) is 10.6 Å². The van der Waals surface area contributed by atoms with Crippen LogP contribution in [0.25, 0.3) is 0 Å². The number of aliphatic imine (C=N–C) groups is 1. The van der Waals surface area contributed by atoms with Crippen molar-refractivity contribution in [3.05, 3.63) is 71.3 Å². The molecule has 0 radical (unpaired) electrons. The fourth-order valence-electron chi connectivity index (χ4n) is 3.10. The van der Waals surface area contributed by atoms with Crippen LogP contribution in [0.15, 0.2) is 59.6 Å². The Hall–Kier alpha value is -1.65. The molecule has 0 aliphatic carbocycles. The fourth-order valence-corrected chi connectivity index (χ4v) is 4.77. The monoisotopic (exact) mass is 529 g/mol. The summed E-state index contributed by atoms with van der Waals surface area (Å²) in [6, 6.07) is 18.3. The average Bonchev–Trinajstić information content (AvgIpc) is 3.05. The summed E-state index contributed by atoms with van der Waals surface area (Å²) in [5, 5.41) is 6.42. The fraction of sp³-hybridized carbons (Fsp3) is 0.381. The summed E-state index contributed by atoms with van der Waals surface area (Å²) in [5.74, 6) is 1.04. The van der Waals surface area contributed by atoms with Crippen LogP contribution in [0.2, 0.25) is 0 Å². The van der Waals surface area contributed by atoms with Gasteiger partial charge in [-0.1, -0.05) is 54.6 Å². The summed E-state index contributed by atoms with van der Waals surface area (Å²) in [7, 11) is -1.22. The van der Waals surface area contributed by atoms with E-state index in [1.165, 1.54) is 0 Å². The highest BCUT2D eigenvalue weighted by Crippen LogP contribution is 2.11. The van der Waals surface area contributed by atoms with Crippen LogP contribution in [-0.4, -0.2) is 39.0 Å². The second-order valence-electron chi connectivity index (χ2n) is 6.96. The van der Waals surface area contributed by atoms with E-state index < -0.39 is 9.84 Å². The van der Waals surface area contributed by atoms with Crippen LogP contribution in [0.4, 0.5) is 0 Å². The minimum absolute atomic E-state index is 0. The molecule has 0 aromatic heterocycles. The molecular formula is C21H28IN3O3S. The number of hydrogen-bond acceptors (Lipinski definition) is 4. The molecule has 1 saturated heterocycles. The van der Waals surface area contributed by atoms with Crippen molar-refractivity contribution in [2.24, 2.45) is 4.99 Å². The zero-order chi connectivity index (χ0) is 19.8. The first-order valence-electron chi connectivity index (χ1n) is 9.41. The van der Waals surface area contributed by atoms with E-state index in [1.807, 2.05) is 18.2 Å². The Morgan fingerprint density at radius 1 is 1.03 bits per heavy atom. The smallest absolute Gasteiger partial charge is 0.191 e. The molecule has 0 spiro atoms. The predicted octanol–water partition coefficient (Wildman–Crippen LogP) is 2.87. The maximum absolute atomic E-state index is 11.6. The zero-order valence-electron chi connectivity index (χ0n) is 16.5. The van der Waals surface area contributed by atoms with Gasteiger partial charge >= 0.3 is 0 Å². The third-order valence-corrected chi connectivity index (χ3v) is 6.43. The molecule has 3 rings (SSSR count). The van der Waals surface area contributed by atoms with Gasteiger partial charge in [-0.15, -0.1) is 24.0 Å². The van der Waals surface area contributed by atoms with Gasteiger partial charge in [0.25, 0.3) is 0 Å². The summed E-state index contributed by atoms with van der Waals surface area (Å²) in [5.41, 5.74) is 3.41. The number of nitrogens with one attached hydrogen (secondary N) is 2. The molecule has 29 heavy (non-hydrogen) atoms. The van der Waals surface area contributed by atoms with Gasteiger partial charge < -0.3 is 15.4 Å². The van der Waals surface area contributed by atoms with E-state index in [4.69, 9.17) is 4.74 Å². The molecule has 1 fully saturated rings. The van der Waals surface area contributed by atoms with Crippen molar-refractivity contribution in [2.75, 3.05) is 18.6 Å². The van der Waals surface area contributed by atoms with Crippen LogP contribution < -0.4 is 10.6 Å². The van der Waals surface area contributed by atoms with Crippen LogP contribution >= 0.6 is 24.0 Å². The summed E-state index contributed by atoms with van der Waals surface area (Å²) in [6.45, 7) is 1.79. The lowest BCUT2D eigenvalue weighted by atomic mass is 10.1. The number of nitrogens with zero attached hydrogens (tertiary/aromatic N) is 1. The summed E-state index contributed by atoms with van der Waals surface area (Å²) < 4.78 is 28.9. The van der Waals surface area contributed by atoms with Crippen LogP contribution in [0.3, 0.4) is 0 Å². The topological polar surface area (TPSA) is 79.8 Å². The Morgan fingerprint density at radius 3 is 2.24 bits per heavy atom. The number of halogens is 1. The number of rotatable bonds is 7. The van der Waals surface area contributed by atoms with Crippen molar-refractivity contribution >= 4 is 39.8 Å². The predicted molar refractivity (Wildman–Crippen MR) is 127 cm³/mol. The minimum atomic E-state index is -2.90. The number of sulfone groups is 1. The summed E-state index contributed by atoms with van der Waals surface area (Å²) in [6.07, 6.45) is 0.626. The molecule has 1 atom stereocenters. The molecule has 8 heteroatoms. The van der Waals surface area contributed by atoms with E-state index in [0.29, 0.717) is 32.1 Å². The maximum Gasteiger partial charge on any atom is 0.191 e. The largest absolute Gasteiger partial charge is 0.372 e. The molecule has 0 amide bonds. The normalized spacial score (nSPS) is 18.1. The molecule has 6 nitrogen and oxygen atoms in total. The van der Waals surface area contributed by atoms with Crippen molar-refractivity contribution in [1.29, 1.82) is 0 Å². The van der Waals surface area contributed by atoms with Crippen molar-refractivity contribution in [3.63, 3.8) is 0 Å². The lowest BCUT2D eigenvalue weighted by Gasteiger charge is -2.16. The Balaban J connectivity index is 0.00000300. The lowest BCUT2D eigenvalue weighted by molar-refractivity contribution is 0.107. The second-order valence-corrected chi connectivity index (χ2v) is 9.19. The summed E-state index contributed by atoms with van der Waals surface area (Å²) >= 11 is 0. The minimum Gasteiger partial charge on any atom is -0.372 e. The molecule has 2 aromatic rings. The van der Waals surface area contributed by atoms with E-state index >= 15 is 0 Å². The number of hydrogen-bond donors (Lipinski definition) is 2. The van der Waals surface area contributed by atoms with Crippen molar-refractivity contribution < 1.29 is 13.2 Å². The van der Waals surface area contributed by atoms with Gasteiger partial charge in [0.05, 0.1) is 24.7 Å². The SMILES string of the molecule is CN=C(NCc1ccc(COCc2ccccc2)cc1)NC1CCS(=O)(=O)C1.I. The quantitative estimate of drug-likeness (QED) is 0.328. The van der Waals surface area contributed by atoms with E-state index in [0.717, 1.165) is 16.7 Å². The first-order chi connectivity index (χ1) is 13.5. The molecule has 1 heterocycles. The van der Waals surface area contributed by atoms with Crippen LogP contribution in [0, 0.1) is 0 Å². The Bertz CT molecular complexity index is 887. The van der Waals surface area contributed by atoms with E-state index in [1.54, 1.807) is 7.05 Å². The van der Waals surface area contributed by atoms with Gasteiger partial charge in [0, 0.05) is 19.6 Å². The van der Waals surface area contributed by atoms with Gasteiger partial charge in [0.15, 0.2) is 15.8 Å². The van der Waals surface area contributed by atoms with Crippen LogP contribution in [-0.2, 0) is 34.3 Å². The van der Waals surface area contributed by atoms with E-state index in [-0.39, 0.29) is 41.5 Å². The highest BCUT2D eigenvalue weighted by molar-refractivity contribution is 14.0. The number of benzene rings is 2. The van der Waals surface area contributed by atoms with Gasteiger partial charge in [0.2, 0.25) is 0 Å². The van der Waals surface area contributed by atoms with E-state index in [2.05, 4.69) is 52.0 Å². The molecular weight excluding hydrogens is 501 g/mol. The molecule has 2 N–H and O–H groups in total. The second kappa shape index (κ2) is 11.5. The maximum atomic E-state index is 11.6. The third kappa shape index (κ3) is 7.94. The van der Waals surface area contributed by atoms with Crippen LogP contribution in [0.5, 0.6) is 0 Å². The first-order valence-corrected chi connectivity index (χ1v) is 11.2. The highest BCUT2D eigenvalue weighted by atomic mass is 127. The Morgan fingerprint density at radius 2 is 1.66 bits per heavy atom. The van der Waals surface area contributed by atoms with Crippen molar-refractivity contribution in [2.45, 2.75) is 32.2 Å². The molecule has 0 saturated carbocycles. The van der Waals surface area contributed by atoms with Gasteiger partial charge in [-0.25, -0.2) is 8.42 Å². The number of ether oxygens (including phenoxy) is 1. The molecule has 158 valence electrons. The highest BCUT2D eigenvalue weighted by Gasteiger charge is 2.28. The lowest BCUT2D eigenvalue weighted by Crippen LogP contribution is -2.43. The average molecular weight is 529 g/mol. The standard InChI is InChI=1S/C21H27N3O3S.HI/c1-22-21(24-20-11-12-28(25,26)16-20)23-13-17-7-9-19(10-8-17)15-27-14-18-5-3-2-4-6-18;/h2-10,20H,11-16H2,1H3,(H2,22,23,24);1H. The molecule has 1 unspecified atom stereocenters. The van der Waals surface area contributed by atoms with Crippen molar-refractivity contribution in [3.8, 4) is 0 Å². The van der Waals surface area contributed by atoms with Gasteiger partial charge in [0.1, 0.15) is 0 Å². The molecule has 2 aromatic carbocycles. The molecule has 0 bridgehead atoms.